The zero-order valence-corrected chi connectivity index (χ0v) is 15.5. The Hall–Kier alpha value is -3.10. The Labute approximate surface area is 164 Å². The molecule has 1 heterocycles. The maximum absolute atomic E-state index is 11.6. The van der Waals surface area contributed by atoms with Crippen LogP contribution in [-0.4, -0.2) is 22.0 Å². The number of hydrogen-bond donors (Lipinski definition) is 2. The molecule has 0 aliphatic heterocycles. The highest BCUT2D eigenvalue weighted by atomic mass is 35.5. The van der Waals surface area contributed by atoms with Gasteiger partial charge in [0.15, 0.2) is 0 Å². The summed E-state index contributed by atoms with van der Waals surface area (Å²) in [5.41, 5.74) is 0.714. The number of anilines is 4. The van der Waals surface area contributed by atoms with Crippen molar-refractivity contribution in [1.29, 1.82) is 0 Å². The van der Waals surface area contributed by atoms with Crippen LogP contribution in [0.4, 0.5) is 28.7 Å². The average molecular weight is 406 g/mol. The number of benzene rings is 2. The maximum Gasteiger partial charge on any atom is 0.353 e. The minimum atomic E-state index is -0.571. The molecule has 0 bridgehead atoms. The van der Waals surface area contributed by atoms with Gasteiger partial charge in [0, 0.05) is 10.7 Å². The molecular weight excluding hydrogens is 393 g/mol. The Bertz CT molecular complexity index is 983. The third-order valence-electron chi connectivity index (χ3n) is 3.54. The monoisotopic (exact) mass is 405 g/mol. The fourth-order valence-corrected chi connectivity index (χ4v) is 2.72. The van der Waals surface area contributed by atoms with Gasteiger partial charge in [0.2, 0.25) is 11.6 Å². The van der Waals surface area contributed by atoms with Gasteiger partial charge in [-0.05, 0) is 42.5 Å². The molecular formula is C17H13Cl2N5O3. The molecule has 8 nitrogen and oxygen atoms in total. The largest absolute Gasteiger partial charge is 0.497 e. The summed E-state index contributed by atoms with van der Waals surface area (Å²) in [6.07, 6.45) is 1.21. The summed E-state index contributed by atoms with van der Waals surface area (Å²) in [6.45, 7) is 0. The van der Waals surface area contributed by atoms with Crippen molar-refractivity contribution >= 4 is 51.9 Å². The molecule has 27 heavy (non-hydrogen) atoms. The van der Waals surface area contributed by atoms with Gasteiger partial charge >= 0.3 is 5.69 Å². The first-order chi connectivity index (χ1) is 13.0. The van der Waals surface area contributed by atoms with Gasteiger partial charge < -0.3 is 15.4 Å². The van der Waals surface area contributed by atoms with Crippen LogP contribution in [0.3, 0.4) is 0 Å². The molecule has 10 heteroatoms. The SMILES string of the molecule is COc1ccc(Nc2ncnc(Nc3ccc(Cl)cc3Cl)c2[N+](=O)[O-])cc1. The second kappa shape index (κ2) is 8.07. The highest BCUT2D eigenvalue weighted by Gasteiger charge is 2.24. The number of halogens is 2. The smallest absolute Gasteiger partial charge is 0.353 e. The Balaban J connectivity index is 1.95. The van der Waals surface area contributed by atoms with E-state index in [1.165, 1.54) is 12.4 Å². The zero-order chi connectivity index (χ0) is 19.4. The number of aromatic nitrogens is 2. The Kier molecular flexibility index (Phi) is 5.58. The number of nitrogens with one attached hydrogen (secondary N) is 2. The van der Waals surface area contributed by atoms with E-state index in [1.54, 1.807) is 43.5 Å². The predicted octanol–water partition coefficient (Wildman–Crippen LogP) is 5.19. The number of nitro groups is 1. The molecule has 0 aliphatic rings. The highest BCUT2D eigenvalue weighted by Crippen LogP contribution is 2.35. The van der Waals surface area contributed by atoms with Gasteiger partial charge in [0.25, 0.3) is 0 Å². The van der Waals surface area contributed by atoms with Crippen molar-refractivity contribution in [2.75, 3.05) is 17.7 Å². The number of nitrogens with zero attached hydrogens (tertiary/aromatic N) is 3. The molecule has 2 aromatic carbocycles. The molecule has 0 spiro atoms. The number of methoxy groups -OCH3 is 1. The van der Waals surface area contributed by atoms with Crippen LogP contribution in [0.2, 0.25) is 10.0 Å². The van der Waals surface area contributed by atoms with Crippen molar-refractivity contribution in [3.8, 4) is 5.75 Å². The maximum atomic E-state index is 11.6. The van der Waals surface area contributed by atoms with Gasteiger partial charge in [-0.15, -0.1) is 0 Å². The van der Waals surface area contributed by atoms with E-state index in [0.29, 0.717) is 27.2 Å². The van der Waals surface area contributed by atoms with E-state index >= 15 is 0 Å². The number of hydrogen-bond acceptors (Lipinski definition) is 7. The van der Waals surface area contributed by atoms with Crippen molar-refractivity contribution in [3.05, 3.63) is 69.0 Å². The molecule has 0 saturated heterocycles. The standard InChI is InChI=1S/C17H13Cl2N5O3/c1-27-12-5-3-11(4-6-12)22-16-15(24(25)26)17(21-9-20-16)23-14-7-2-10(18)8-13(14)19/h2-9H,1H3,(H2,20,21,22,23). The molecule has 2 N–H and O–H groups in total. The van der Waals surface area contributed by atoms with Crippen LogP contribution in [-0.2, 0) is 0 Å². The van der Waals surface area contributed by atoms with Gasteiger partial charge in [-0.3, -0.25) is 10.1 Å². The Morgan fingerprint density at radius 2 is 1.70 bits per heavy atom. The Morgan fingerprint density at radius 3 is 2.30 bits per heavy atom. The molecule has 0 amide bonds. The third-order valence-corrected chi connectivity index (χ3v) is 4.09. The molecule has 0 unspecified atom stereocenters. The first-order valence-electron chi connectivity index (χ1n) is 7.60. The normalized spacial score (nSPS) is 10.3. The first-order valence-corrected chi connectivity index (χ1v) is 8.36. The third kappa shape index (κ3) is 4.36. The van der Waals surface area contributed by atoms with Gasteiger partial charge in [0.05, 0.1) is 22.7 Å². The van der Waals surface area contributed by atoms with Crippen LogP contribution < -0.4 is 15.4 Å². The molecule has 138 valence electrons. The molecule has 0 aliphatic carbocycles. The summed E-state index contributed by atoms with van der Waals surface area (Å²) in [7, 11) is 1.55. The molecule has 0 fully saturated rings. The lowest BCUT2D eigenvalue weighted by Crippen LogP contribution is -2.05. The van der Waals surface area contributed by atoms with Gasteiger partial charge in [-0.25, -0.2) is 9.97 Å². The average Bonchev–Trinajstić information content (AvgIpc) is 2.64. The quantitative estimate of drug-likeness (QED) is 0.429. The van der Waals surface area contributed by atoms with Crippen molar-refractivity contribution in [3.63, 3.8) is 0 Å². The van der Waals surface area contributed by atoms with E-state index in [2.05, 4.69) is 20.6 Å². The van der Waals surface area contributed by atoms with Crippen molar-refractivity contribution in [1.82, 2.24) is 9.97 Å². The van der Waals surface area contributed by atoms with Crippen molar-refractivity contribution in [2.24, 2.45) is 0 Å². The highest BCUT2D eigenvalue weighted by molar-refractivity contribution is 6.36. The van der Waals surface area contributed by atoms with E-state index in [1.807, 2.05) is 0 Å². The van der Waals surface area contributed by atoms with E-state index in [9.17, 15) is 10.1 Å². The van der Waals surface area contributed by atoms with Gasteiger partial charge in [0.1, 0.15) is 12.1 Å². The zero-order valence-electron chi connectivity index (χ0n) is 13.9. The topological polar surface area (TPSA) is 102 Å². The van der Waals surface area contributed by atoms with E-state index in [4.69, 9.17) is 27.9 Å². The fourth-order valence-electron chi connectivity index (χ4n) is 2.26. The van der Waals surface area contributed by atoms with Crippen LogP contribution in [0, 0.1) is 10.1 Å². The fraction of sp³-hybridized carbons (Fsp3) is 0.0588. The molecule has 1 aromatic heterocycles. The summed E-state index contributed by atoms with van der Waals surface area (Å²) in [6, 6.07) is 11.6. The molecule has 0 radical (unpaired) electrons. The molecule has 0 saturated carbocycles. The van der Waals surface area contributed by atoms with Gasteiger partial charge in [-0.2, -0.15) is 0 Å². The van der Waals surface area contributed by atoms with Crippen LogP contribution in [0.25, 0.3) is 0 Å². The second-order valence-corrected chi connectivity index (χ2v) is 6.12. The van der Waals surface area contributed by atoms with Crippen LogP contribution in [0.1, 0.15) is 0 Å². The minimum Gasteiger partial charge on any atom is -0.497 e. The van der Waals surface area contributed by atoms with E-state index in [0.717, 1.165) is 0 Å². The van der Waals surface area contributed by atoms with E-state index < -0.39 is 4.92 Å². The van der Waals surface area contributed by atoms with Crippen molar-refractivity contribution in [2.45, 2.75) is 0 Å². The molecule has 3 rings (SSSR count). The first kappa shape index (κ1) is 18.7. The summed E-state index contributed by atoms with van der Waals surface area (Å²) in [5.74, 6) is 0.695. The van der Waals surface area contributed by atoms with Crippen LogP contribution in [0.5, 0.6) is 5.75 Å². The molecule has 3 aromatic rings. The predicted molar refractivity (Wildman–Crippen MR) is 105 cm³/mol. The van der Waals surface area contributed by atoms with Crippen molar-refractivity contribution < 1.29 is 9.66 Å². The number of ether oxygens (including phenoxy) is 1. The second-order valence-electron chi connectivity index (χ2n) is 5.28. The lowest BCUT2D eigenvalue weighted by Gasteiger charge is -2.11. The summed E-state index contributed by atoms with van der Waals surface area (Å²) in [5, 5.41) is 18.2. The van der Waals surface area contributed by atoms with Crippen LogP contribution in [0.15, 0.2) is 48.8 Å². The van der Waals surface area contributed by atoms with E-state index in [-0.39, 0.29) is 17.3 Å². The van der Waals surface area contributed by atoms with Gasteiger partial charge in [-0.1, -0.05) is 23.2 Å². The lowest BCUT2D eigenvalue weighted by atomic mass is 10.3. The number of rotatable bonds is 6. The summed E-state index contributed by atoms with van der Waals surface area (Å²) in [4.78, 5) is 19.0. The minimum absolute atomic E-state index is 0.00441. The van der Waals surface area contributed by atoms with Crippen LogP contribution >= 0.6 is 23.2 Å². The molecule has 0 atom stereocenters. The summed E-state index contributed by atoms with van der Waals surface area (Å²) >= 11 is 12.0. The summed E-state index contributed by atoms with van der Waals surface area (Å²) < 4.78 is 5.09. The Morgan fingerprint density at radius 1 is 1.04 bits per heavy atom. The lowest BCUT2D eigenvalue weighted by molar-refractivity contribution is -0.383.